The molecule has 8 heavy (non-hydrogen) atoms. The van der Waals surface area contributed by atoms with E-state index >= 15 is 0 Å². The summed E-state index contributed by atoms with van der Waals surface area (Å²) in [4.78, 5) is -0.0262. The predicted molar refractivity (Wildman–Crippen MR) is 37.8 cm³/mol. The summed E-state index contributed by atoms with van der Waals surface area (Å²) in [6.45, 7) is 0. The van der Waals surface area contributed by atoms with Crippen LogP contribution in [0.1, 0.15) is 25.7 Å². The SMILES string of the molecule is ClCC1(Cl)CCCC1. The van der Waals surface area contributed by atoms with Gasteiger partial charge in [-0.05, 0) is 12.8 Å². The minimum Gasteiger partial charge on any atom is -0.125 e. The van der Waals surface area contributed by atoms with Crippen molar-refractivity contribution >= 4 is 23.2 Å². The fourth-order valence-corrected chi connectivity index (χ4v) is 1.68. The van der Waals surface area contributed by atoms with E-state index in [1.54, 1.807) is 0 Å². The second-order valence-electron chi connectivity index (χ2n) is 2.49. The van der Waals surface area contributed by atoms with Gasteiger partial charge in [-0.3, -0.25) is 0 Å². The maximum absolute atomic E-state index is 6.02. The average Bonchev–Trinajstić information content (AvgIpc) is 2.17. The fourth-order valence-electron chi connectivity index (χ4n) is 1.14. The first-order valence-corrected chi connectivity index (χ1v) is 3.93. The molecule has 1 aliphatic rings. The van der Waals surface area contributed by atoms with E-state index in [2.05, 4.69) is 0 Å². The third-order valence-electron chi connectivity index (χ3n) is 1.74. The van der Waals surface area contributed by atoms with Crippen LogP contribution < -0.4 is 0 Å². The van der Waals surface area contributed by atoms with Crippen LogP contribution in [0.3, 0.4) is 0 Å². The van der Waals surface area contributed by atoms with Gasteiger partial charge in [-0.15, -0.1) is 23.2 Å². The van der Waals surface area contributed by atoms with Crippen LogP contribution in [0.25, 0.3) is 0 Å². The Morgan fingerprint density at radius 1 is 1.25 bits per heavy atom. The highest BCUT2D eigenvalue weighted by Gasteiger charge is 2.29. The largest absolute Gasteiger partial charge is 0.125 e. The standard InChI is InChI=1S/C6H10Cl2/c7-5-6(8)3-1-2-4-6/h1-5H2. The third kappa shape index (κ3) is 1.29. The van der Waals surface area contributed by atoms with Crippen LogP contribution in [-0.4, -0.2) is 10.8 Å². The maximum atomic E-state index is 6.02. The zero-order valence-corrected chi connectivity index (χ0v) is 6.30. The van der Waals surface area contributed by atoms with Gasteiger partial charge in [-0.2, -0.15) is 0 Å². The molecule has 0 aromatic heterocycles. The molecule has 1 fully saturated rings. The highest BCUT2D eigenvalue weighted by Crippen LogP contribution is 2.36. The summed E-state index contributed by atoms with van der Waals surface area (Å²) < 4.78 is 0. The molecule has 0 N–H and O–H groups in total. The molecule has 0 aromatic rings. The summed E-state index contributed by atoms with van der Waals surface area (Å²) in [6, 6.07) is 0. The fraction of sp³-hybridized carbons (Fsp3) is 1.00. The number of rotatable bonds is 1. The van der Waals surface area contributed by atoms with Crippen molar-refractivity contribution in [1.82, 2.24) is 0 Å². The normalized spacial score (nSPS) is 26.2. The molecule has 0 heterocycles. The molecule has 1 rings (SSSR count). The van der Waals surface area contributed by atoms with Crippen LogP contribution in [0.15, 0.2) is 0 Å². The van der Waals surface area contributed by atoms with E-state index in [0.717, 1.165) is 12.8 Å². The summed E-state index contributed by atoms with van der Waals surface area (Å²) >= 11 is 11.6. The van der Waals surface area contributed by atoms with Crippen molar-refractivity contribution in [3.05, 3.63) is 0 Å². The molecular formula is C6H10Cl2. The lowest BCUT2D eigenvalue weighted by atomic mass is 10.1. The van der Waals surface area contributed by atoms with Gasteiger partial charge >= 0.3 is 0 Å². The molecule has 0 atom stereocenters. The van der Waals surface area contributed by atoms with Gasteiger partial charge in [-0.1, -0.05) is 12.8 Å². The van der Waals surface area contributed by atoms with Gasteiger partial charge < -0.3 is 0 Å². The Balaban J connectivity index is 2.40. The predicted octanol–water partition coefficient (Wildman–Crippen LogP) is 2.78. The van der Waals surface area contributed by atoms with Gasteiger partial charge in [0.1, 0.15) is 0 Å². The molecule has 0 unspecified atom stereocenters. The molecule has 0 bridgehead atoms. The van der Waals surface area contributed by atoms with E-state index in [1.807, 2.05) is 0 Å². The molecule has 0 aromatic carbocycles. The summed E-state index contributed by atoms with van der Waals surface area (Å²) in [6.07, 6.45) is 4.74. The van der Waals surface area contributed by atoms with Crippen molar-refractivity contribution in [2.75, 3.05) is 5.88 Å². The van der Waals surface area contributed by atoms with E-state index < -0.39 is 0 Å². The van der Waals surface area contributed by atoms with Crippen molar-refractivity contribution < 1.29 is 0 Å². The molecule has 0 aliphatic heterocycles. The molecule has 0 spiro atoms. The van der Waals surface area contributed by atoms with E-state index in [0.29, 0.717) is 5.88 Å². The number of alkyl halides is 2. The van der Waals surface area contributed by atoms with Crippen molar-refractivity contribution in [2.45, 2.75) is 30.6 Å². The Morgan fingerprint density at radius 3 is 2.00 bits per heavy atom. The first-order chi connectivity index (χ1) is 3.77. The quantitative estimate of drug-likeness (QED) is 0.508. The van der Waals surface area contributed by atoms with Gasteiger partial charge in [0.2, 0.25) is 0 Å². The molecule has 1 aliphatic carbocycles. The van der Waals surface area contributed by atoms with Crippen molar-refractivity contribution in [1.29, 1.82) is 0 Å². The zero-order chi connectivity index (χ0) is 6.04. The number of hydrogen-bond donors (Lipinski definition) is 0. The second-order valence-corrected chi connectivity index (χ2v) is 3.56. The summed E-state index contributed by atoms with van der Waals surface area (Å²) in [7, 11) is 0. The summed E-state index contributed by atoms with van der Waals surface area (Å²) in [5.41, 5.74) is 0. The Morgan fingerprint density at radius 2 is 1.75 bits per heavy atom. The Bertz CT molecular complexity index is 74.6. The zero-order valence-electron chi connectivity index (χ0n) is 4.79. The van der Waals surface area contributed by atoms with Crippen molar-refractivity contribution in [3.63, 3.8) is 0 Å². The Hall–Kier alpha value is 0.580. The van der Waals surface area contributed by atoms with Crippen LogP contribution in [0, 0.1) is 0 Å². The van der Waals surface area contributed by atoms with Gasteiger partial charge in [0.25, 0.3) is 0 Å². The molecule has 1 saturated carbocycles. The van der Waals surface area contributed by atoms with Crippen molar-refractivity contribution in [3.8, 4) is 0 Å². The topological polar surface area (TPSA) is 0 Å². The lowest BCUT2D eigenvalue weighted by molar-refractivity contribution is 0.666. The highest BCUT2D eigenvalue weighted by molar-refractivity contribution is 6.30. The lowest BCUT2D eigenvalue weighted by Crippen LogP contribution is -2.17. The second kappa shape index (κ2) is 2.45. The monoisotopic (exact) mass is 152 g/mol. The van der Waals surface area contributed by atoms with Crippen LogP contribution in [0.4, 0.5) is 0 Å². The highest BCUT2D eigenvalue weighted by atomic mass is 35.5. The molecule has 0 nitrogen and oxygen atoms in total. The number of hydrogen-bond acceptors (Lipinski definition) is 0. The van der Waals surface area contributed by atoms with Gasteiger partial charge in [-0.25, -0.2) is 0 Å². The smallest absolute Gasteiger partial charge is 0.0581 e. The first kappa shape index (κ1) is 6.70. The average molecular weight is 153 g/mol. The molecule has 0 amide bonds. The third-order valence-corrected chi connectivity index (χ3v) is 2.90. The van der Waals surface area contributed by atoms with Gasteiger partial charge in [0.15, 0.2) is 0 Å². The first-order valence-electron chi connectivity index (χ1n) is 3.02. The van der Waals surface area contributed by atoms with E-state index in [-0.39, 0.29) is 4.87 Å². The van der Waals surface area contributed by atoms with Crippen LogP contribution >= 0.6 is 23.2 Å². The molecule has 0 radical (unpaired) electrons. The Labute approximate surface area is 60.2 Å². The molecule has 0 saturated heterocycles. The van der Waals surface area contributed by atoms with E-state index in [4.69, 9.17) is 23.2 Å². The minimum atomic E-state index is -0.0262. The summed E-state index contributed by atoms with van der Waals surface area (Å²) in [5.74, 6) is 0.620. The van der Waals surface area contributed by atoms with Gasteiger partial charge in [0.05, 0.1) is 4.87 Å². The van der Waals surface area contributed by atoms with Crippen molar-refractivity contribution in [2.24, 2.45) is 0 Å². The summed E-state index contributed by atoms with van der Waals surface area (Å²) in [5, 5.41) is 0. The number of halogens is 2. The van der Waals surface area contributed by atoms with Crippen LogP contribution in [-0.2, 0) is 0 Å². The maximum Gasteiger partial charge on any atom is 0.0581 e. The molecule has 2 heteroatoms. The van der Waals surface area contributed by atoms with Crippen LogP contribution in [0.5, 0.6) is 0 Å². The molecule has 48 valence electrons. The van der Waals surface area contributed by atoms with E-state index in [9.17, 15) is 0 Å². The lowest BCUT2D eigenvalue weighted by Gasteiger charge is -2.14. The molecular weight excluding hydrogens is 143 g/mol. The van der Waals surface area contributed by atoms with E-state index in [1.165, 1.54) is 12.8 Å². The van der Waals surface area contributed by atoms with Gasteiger partial charge in [0, 0.05) is 5.88 Å². The minimum absolute atomic E-state index is 0.0262. The van der Waals surface area contributed by atoms with Crippen LogP contribution in [0.2, 0.25) is 0 Å². The Kier molecular flexibility index (Phi) is 2.05.